The molecule has 5 heteroatoms. The molecular formula is C17H20BrNO3. The molecule has 1 fully saturated rings. The van der Waals surface area contributed by atoms with Crippen LogP contribution in [0.3, 0.4) is 0 Å². The molecule has 118 valence electrons. The molecule has 0 bridgehead atoms. The van der Waals surface area contributed by atoms with E-state index in [-0.39, 0.29) is 12.3 Å². The molecule has 4 rings (SSSR count). The Morgan fingerprint density at radius 3 is 2.86 bits per heavy atom. The summed E-state index contributed by atoms with van der Waals surface area (Å²) in [6.45, 7) is 1.97. The zero-order valence-corrected chi connectivity index (χ0v) is 14.0. The van der Waals surface area contributed by atoms with Crippen LogP contribution in [0.5, 0.6) is 11.5 Å². The highest BCUT2D eigenvalue weighted by atomic mass is 79.9. The molecule has 0 saturated carbocycles. The van der Waals surface area contributed by atoms with Crippen LogP contribution in [0.1, 0.15) is 37.4 Å². The van der Waals surface area contributed by atoms with Crippen LogP contribution in [0, 0.1) is 0 Å². The standard InChI is InChI=1S/C17H20BrNO3/c18-13-9-16-15(21-11-22-16)8-12(13)14(20)10-19-7-3-6-17(19)4-1-2-5-17/h1,4,8-9,14,20H,2-3,5-7,10-11H2/t14-,17+/m0/s1. The monoisotopic (exact) mass is 365 g/mol. The second-order valence-corrected chi connectivity index (χ2v) is 7.19. The average Bonchev–Trinajstić information content (AvgIpc) is 3.21. The SMILES string of the molecule is O[C@@H](CN1CCC[C@]12C=CCC2)c1cc2c(cc1Br)OCO2. The number of aliphatic hydroxyl groups excluding tert-OH is 1. The zero-order chi connectivity index (χ0) is 15.2. The Morgan fingerprint density at radius 2 is 2.09 bits per heavy atom. The third kappa shape index (κ3) is 2.36. The van der Waals surface area contributed by atoms with Crippen molar-refractivity contribution in [2.45, 2.75) is 37.3 Å². The molecule has 1 aromatic rings. The molecule has 1 N–H and O–H groups in total. The van der Waals surface area contributed by atoms with Crippen LogP contribution in [0.2, 0.25) is 0 Å². The van der Waals surface area contributed by atoms with Gasteiger partial charge in [0.1, 0.15) is 0 Å². The van der Waals surface area contributed by atoms with Crippen molar-refractivity contribution in [2.75, 3.05) is 19.9 Å². The molecule has 2 heterocycles. The van der Waals surface area contributed by atoms with E-state index in [1.54, 1.807) is 0 Å². The first-order chi connectivity index (χ1) is 10.7. The normalized spacial score (nSPS) is 27.9. The summed E-state index contributed by atoms with van der Waals surface area (Å²) in [6.07, 6.45) is 8.84. The average molecular weight is 366 g/mol. The summed E-state index contributed by atoms with van der Waals surface area (Å²) in [4.78, 5) is 2.44. The Kier molecular flexibility index (Phi) is 3.67. The molecule has 0 aromatic heterocycles. The van der Waals surface area contributed by atoms with E-state index in [0.29, 0.717) is 12.3 Å². The van der Waals surface area contributed by atoms with E-state index in [1.165, 1.54) is 19.3 Å². The number of hydrogen-bond donors (Lipinski definition) is 1. The minimum Gasteiger partial charge on any atom is -0.454 e. The summed E-state index contributed by atoms with van der Waals surface area (Å²) in [7, 11) is 0. The first-order valence-electron chi connectivity index (χ1n) is 7.88. The van der Waals surface area contributed by atoms with Gasteiger partial charge in [0.2, 0.25) is 6.79 Å². The van der Waals surface area contributed by atoms with E-state index < -0.39 is 6.10 Å². The number of aliphatic hydroxyl groups is 1. The first-order valence-corrected chi connectivity index (χ1v) is 8.67. The molecule has 2 aliphatic heterocycles. The van der Waals surface area contributed by atoms with Crippen molar-refractivity contribution < 1.29 is 14.6 Å². The number of benzene rings is 1. The lowest BCUT2D eigenvalue weighted by Gasteiger charge is -2.35. The Morgan fingerprint density at radius 1 is 1.27 bits per heavy atom. The Labute approximate surface area is 138 Å². The van der Waals surface area contributed by atoms with Gasteiger partial charge in [0, 0.05) is 16.6 Å². The number of hydrogen-bond acceptors (Lipinski definition) is 4. The quantitative estimate of drug-likeness (QED) is 0.833. The highest BCUT2D eigenvalue weighted by Gasteiger charge is 2.40. The third-order valence-electron chi connectivity index (χ3n) is 5.08. The van der Waals surface area contributed by atoms with Crippen molar-refractivity contribution in [1.29, 1.82) is 0 Å². The van der Waals surface area contributed by atoms with Crippen molar-refractivity contribution in [3.8, 4) is 11.5 Å². The van der Waals surface area contributed by atoms with E-state index >= 15 is 0 Å². The maximum absolute atomic E-state index is 10.7. The number of nitrogens with zero attached hydrogens (tertiary/aromatic N) is 1. The lowest BCUT2D eigenvalue weighted by molar-refractivity contribution is 0.0813. The molecule has 1 aliphatic carbocycles. The molecule has 1 saturated heterocycles. The maximum atomic E-state index is 10.7. The van der Waals surface area contributed by atoms with Crippen molar-refractivity contribution in [3.63, 3.8) is 0 Å². The van der Waals surface area contributed by atoms with E-state index in [0.717, 1.165) is 28.8 Å². The fraction of sp³-hybridized carbons (Fsp3) is 0.529. The van der Waals surface area contributed by atoms with Crippen LogP contribution in [-0.2, 0) is 0 Å². The number of halogens is 1. The van der Waals surface area contributed by atoms with Gasteiger partial charge in [-0.1, -0.05) is 28.1 Å². The molecule has 2 atom stereocenters. The van der Waals surface area contributed by atoms with E-state index in [1.807, 2.05) is 12.1 Å². The number of β-amino-alcohol motifs (C(OH)–C–C–N with tert-alkyl or cyclic N) is 1. The highest BCUT2D eigenvalue weighted by Crippen LogP contribution is 2.42. The minimum absolute atomic E-state index is 0.184. The molecule has 0 amide bonds. The lowest BCUT2D eigenvalue weighted by Crippen LogP contribution is -2.42. The van der Waals surface area contributed by atoms with Crippen molar-refractivity contribution >= 4 is 15.9 Å². The Bertz CT molecular complexity index is 618. The molecule has 1 spiro atoms. The van der Waals surface area contributed by atoms with Gasteiger partial charge in [-0.05, 0) is 49.9 Å². The fourth-order valence-electron chi connectivity index (χ4n) is 3.92. The second kappa shape index (κ2) is 5.55. The summed E-state index contributed by atoms with van der Waals surface area (Å²) in [5.41, 5.74) is 1.05. The zero-order valence-electron chi connectivity index (χ0n) is 12.4. The van der Waals surface area contributed by atoms with Gasteiger partial charge in [0.05, 0.1) is 6.10 Å². The van der Waals surface area contributed by atoms with Crippen molar-refractivity contribution in [3.05, 3.63) is 34.3 Å². The van der Waals surface area contributed by atoms with Gasteiger partial charge in [0.25, 0.3) is 0 Å². The van der Waals surface area contributed by atoms with Gasteiger partial charge in [-0.2, -0.15) is 0 Å². The smallest absolute Gasteiger partial charge is 0.231 e. The van der Waals surface area contributed by atoms with Crippen molar-refractivity contribution in [2.24, 2.45) is 0 Å². The number of rotatable bonds is 3. The second-order valence-electron chi connectivity index (χ2n) is 6.34. The molecule has 22 heavy (non-hydrogen) atoms. The summed E-state index contributed by atoms with van der Waals surface area (Å²) < 4.78 is 11.7. The van der Waals surface area contributed by atoms with Gasteiger partial charge in [-0.25, -0.2) is 0 Å². The molecular weight excluding hydrogens is 346 g/mol. The summed E-state index contributed by atoms with van der Waals surface area (Å²) >= 11 is 3.55. The number of ether oxygens (including phenoxy) is 2. The first kappa shape index (κ1) is 14.5. The summed E-state index contributed by atoms with van der Waals surface area (Å²) in [5, 5.41) is 10.7. The molecule has 0 unspecified atom stereocenters. The summed E-state index contributed by atoms with van der Waals surface area (Å²) in [6, 6.07) is 3.78. The fourth-order valence-corrected chi connectivity index (χ4v) is 4.50. The molecule has 3 aliphatic rings. The van der Waals surface area contributed by atoms with E-state index in [4.69, 9.17) is 9.47 Å². The van der Waals surface area contributed by atoms with Crippen LogP contribution < -0.4 is 9.47 Å². The van der Waals surface area contributed by atoms with Crippen LogP contribution >= 0.6 is 15.9 Å². The van der Waals surface area contributed by atoms with Crippen LogP contribution in [0.15, 0.2) is 28.8 Å². The largest absolute Gasteiger partial charge is 0.454 e. The van der Waals surface area contributed by atoms with Crippen LogP contribution in [0.4, 0.5) is 0 Å². The highest BCUT2D eigenvalue weighted by molar-refractivity contribution is 9.10. The Balaban J connectivity index is 1.55. The van der Waals surface area contributed by atoms with Gasteiger partial charge >= 0.3 is 0 Å². The molecule has 1 aromatic carbocycles. The number of likely N-dealkylation sites (tertiary alicyclic amines) is 1. The molecule has 0 radical (unpaired) electrons. The van der Waals surface area contributed by atoms with E-state index in [2.05, 4.69) is 33.0 Å². The van der Waals surface area contributed by atoms with Crippen LogP contribution in [0.25, 0.3) is 0 Å². The predicted octanol–water partition coefficient (Wildman–Crippen LogP) is 3.40. The topological polar surface area (TPSA) is 41.9 Å². The van der Waals surface area contributed by atoms with Gasteiger partial charge in [-0.3, -0.25) is 4.90 Å². The minimum atomic E-state index is -0.534. The van der Waals surface area contributed by atoms with Gasteiger partial charge in [-0.15, -0.1) is 0 Å². The van der Waals surface area contributed by atoms with Gasteiger partial charge < -0.3 is 14.6 Å². The number of allylic oxidation sites excluding steroid dienone is 1. The van der Waals surface area contributed by atoms with Gasteiger partial charge in [0.15, 0.2) is 11.5 Å². The van der Waals surface area contributed by atoms with Crippen LogP contribution in [-0.4, -0.2) is 35.4 Å². The Hall–Kier alpha value is -1.04. The summed E-state index contributed by atoms with van der Waals surface area (Å²) in [5.74, 6) is 1.45. The van der Waals surface area contributed by atoms with Crippen molar-refractivity contribution in [1.82, 2.24) is 4.90 Å². The van der Waals surface area contributed by atoms with E-state index in [9.17, 15) is 5.11 Å². The lowest BCUT2D eigenvalue weighted by atomic mass is 9.95. The number of fused-ring (bicyclic) bond motifs is 1. The maximum Gasteiger partial charge on any atom is 0.231 e. The molecule has 4 nitrogen and oxygen atoms in total. The predicted molar refractivity (Wildman–Crippen MR) is 87.1 cm³/mol. The third-order valence-corrected chi connectivity index (χ3v) is 5.77.